The maximum atomic E-state index is 12.6. The molecule has 1 aromatic heterocycles. The third-order valence-electron chi connectivity index (χ3n) is 4.54. The van der Waals surface area contributed by atoms with E-state index in [9.17, 15) is 4.79 Å². The first-order chi connectivity index (χ1) is 13.5. The van der Waals surface area contributed by atoms with Gasteiger partial charge in [0.1, 0.15) is 0 Å². The number of thioether (sulfide) groups is 1. The number of thiophene rings is 1. The average Bonchev–Trinajstić information content (AvgIpc) is 3.25. The van der Waals surface area contributed by atoms with Gasteiger partial charge in [0.15, 0.2) is 5.17 Å². The molecule has 0 radical (unpaired) electrons. The van der Waals surface area contributed by atoms with Crippen molar-refractivity contribution in [2.45, 2.75) is 13.8 Å². The Balaban J connectivity index is 1.57. The second kappa shape index (κ2) is 7.78. The molecule has 1 aliphatic rings. The van der Waals surface area contributed by atoms with Gasteiger partial charge in [-0.15, -0.1) is 11.3 Å². The molecule has 3 nitrogen and oxygen atoms in total. The molecule has 0 atom stereocenters. The molecule has 1 aliphatic heterocycles. The topological polar surface area (TPSA) is 32.7 Å². The van der Waals surface area contributed by atoms with Gasteiger partial charge in [0.2, 0.25) is 0 Å². The van der Waals surface area contributed by atoms with Gasteiger partial charge in [-0.05, 0) is 66.4 Å². The summed E-state index contributed by atoms with van der Waals surface area (Å²) in [6.07, 6.45) is 1.96. The van der Waals surface area contributed by atoms with E-state index in [1.165, 1.54) is 34.0 Å². The fourth-order valence-corrected chi connectivity index (χ4v) is 4.74. The number of rotatable bonds is 3. The van der Waals surface area contributed by atoms with Crippen molar-refractivity contribution in [2.24, 2.45) is 4.99 Å². The molecule has 5 heteroatoms. The maximum absolute atomic E-state index is 12.6. The lowest BCUT2D eigenvalue weighted by Gasteiger charge is -2.07. The molecule has 4 rings (SSSR count). The highest BCUT2D eigenvalue weighted by atomic mass is 32.2. The van der Waals surface area contributed by atoms with Gasteiger partial charge in [-0.3, -0.25) is 9.69 Å². The molecule has 28 heavy (non-hydrogen) atoms. The number of nitrogens with zero attached hydrogens (tertiary/aromatic N) is 2. The minimum absolute atomic E-state index is 0.0128. The van der Waals surface area contributed by atoms with Crippen molar-refractivity contribution in [3.05, 3.63) is 80.9 Å². The monoisotopic (exact) mass is 404 g/mol. The number of amides is 1. The molecule has 1 amide bonds. The predicted octanol–water partition coefficient (Wildman–Crippen LogP) is 6.27. The normalized spacial score (nSPS) is 17.1. The number of aryl methyl sites for hydroxylation is 2. The molecule has 1 saturated heterocycles. The molecular formula is C23H20N2OS2. The van der Waals surface area contributed by atoms with Crippen LogP contribution in [0, 0.1) is 13.8 Å². The van der Waals surface area contributed by atoms with Crippen molar-refractivity contribution in [3.8, 4) is 11.1 Å². The lowest BCUT2D eigenvalue weighted by atomic mass is 10.1. The van der Waals surface area contributed by atoms with E-state index in [1.807, 2.05) is 37.3 Å². The van der Waals surface area contributed by atoms with E-state index >= 15 is 0 Å². The van der Waals surface area contributed by atoms with E-state index in [0.717, 1.165) is 10.6 Å². The Morgan fingerprint density at radius 3 is 2.25 bits per heavy atom. The quantitative estimate of drug-likeness (QED) is 0.482. The molecule has 0 spiro atoms. The average molecular weight is 405 g/mol. The number of hydrogen-bond acceptors (Lipinski definition) is 4. The van der Waals surface area contributed by atoms with E-state index in [4.69, 9.17) is 0 Å². The summed E-state index contributed by atoms with van der Waals surface area (Å²) >= 11 is 3.07. The van der Waals surface area contributed by atoms with Gasteiger partial charge >= 0.3 is 0 Å². The number of aliphatic imine (C=N–C) groups is 1. The van der Waals surface area contributed by atoms with Gasteiger partial charge < -0.3 is 0 Å². The van der Waals surface area contributed by atoms with Crippen molar-refractivity contribution in [2.75, 3.05) is 7.05 Å². The van der Waals surface area contributed by atoms with E-state index < -0.39 is 0 Å². The zero-order valence-corrected chi connectivity index (χ0v) is 17.6. The van der Waals surface area contributed by atoms with Crippen LogP contribution in [-0.2, 0) is 4.79 Å². The van der Waals surface area contributed by atoms with E-state index in [2.05, 4.69) is 47.6 Å². The molecule has 2 aromatic carbocycles. The molecule has 1 fully saturated rings. The number of likely N-dealkylation sites (N-methyl/N-ethyl adjacent to an activating group) is 1. The number of benzene rings is 2. The second-order valence-corrected chi connectivity index (χ2v) is 8.76. The lowest BCUT2D eigenvalue weighted by molar-refractivity contribution is -0.121. The molecule has 3 aromatic rings. The predicted molar refractivity (Wildman–Crippen MR) is 121 cm³/mol. The van der Waals surface area contributed by atoms with Crippen LogP contribution in [0.2, 0.25) is 0 Å². The van der Waals surface area contributed by atoms with Crippen molar-refractivity contribution >= 4 is 45.9 Å². The number of amidine groups is 1. The zero-order chi connectivity index (χ0) is 19.7. The number of carbonyl (C=O) groups excluding carboxylic acids is 1. The first-order valence-corrected chi connectivity index (χ1v) is 10.7. The molecule has 0 bridgehead atoms. The Morgan fingerprint density at radius 2 is 1.57 bits per heavy atom. The summed E-state index contributed by atoms with van der Waals surface area (Å²) in [5.74, 6) is -0.0128. The summed E-state index contributed by atoms with van der Waals surface area (Å²) in [5.41, 5.74) is 5.66. The highest BCUT2D eigenvalue weighted by molar-refractivity contribution is 8.18. The highest BCUT2D eigenvalue weighted by Gasteiger charge is 2.30. The van der Waals surface area contributed by atoms with Gasteiger partial charge in [-0.1, -0.05) is 47.5 Å². The van der Waals surface area contributed by atoms with Crippen LogP contribution in [0.4, 0.5) is 5.69 Å². The Kier molecular flexibility index (Phi) is 5.20. The van der Waals surface area contributed by atoms with Gasteiger partial charge in [0.25, 0.3) is 5.91 Å². The largest absolute Gasteiger partial charge is 0.290 e. The van der Waals surface area contributed by atoms with Crippen LogP contribution in [0.25, 0.3) is 17.2 Å². The van der Waals surface area contributed by atoms with E-state index in [0.29, 0.717) is 10.1 Å². The molecular weight excluding hydrogens is 384 g/mol. The summed E-state index contributed by atoms with van der Waals surface area (Å²) in [6.45, 7) is 4.13. The van der Waals surface area contributed by atoms with Crippen LogP contribution in [0.1, 0.15) is 16.0 Å². The summed E-state index contributed by atoms with van der Waals surface area (Å²) in [7, 11) is 1.77. The van der Waals surface area contributed by atoms with Gasteiger partial charge in [-0.2, -0.15) is 0 Å². The smallest absolute Gasteiger partial charge is 0.266 e. The van der Waals surface area contributed by atoms with Crippen molar-refractivity contribution in [1.82, 2.24) is 4.90 Å². The Labute approximate surface area is 173 Å². The lowest BCUT2D eigenvalue weighted by Crippen LogP contribution is -2.23. The first-order valence-electron chi connectivity index (χ1n) is 8.98. The van der Waals surface area contributed by atoms with Crippen LogP contribution in [0.15, 0.2) is 69.9 Å². The molecule has 0 N–H and O–H groups in total. The van der Waals surface area contributed by atoms with Gasteiger partial charge in [0, 0.05) is 11.9 Å². The number of carbonyl (C=O) groups is 1. The van der Waals surface area contributed by atoms with Crippen LogP contribution in [0.3, 0.4) is 0 Å². The Hall–Kier alpha value is -2.63. The summed E-state index contributed by atoms with van der Waals surface area (Å²) < 4.78 is 0. The van der Waals surface area contributed by atoms with Crippen LogP contribution in [-0.4, -0.2) is 23.0 Å². The van der Waals surface area contributed by atoms with Gasteiger partial charge in [0.05, 0.1) is 10.6 Å². The zero-order valence-electron chi connectivity index (χ0n) is 16.0. The van der Waals surface area contributed by atoms with E-state index in [1.54, 1.807) is 23.3 Å². The molecule has 0 saturated carbocycles. The van der Waals surface area contributed by atoms with E-state index in [-0.39, 0.29) is 5.91 Å². The van der Waals surface area contributed by atoms with Gasteiger partial charge in [-0.25, -0.2) is 4.99 Å². The molecule has 2 heterocycles. The summed E-state index contributed by atoms with van der Waals surface area (Å²) in [6, 6.07) is 18.6. The minimum atomic E-state index is -0.0128. The molecule has 0 unspecified atom stereocenters. The van der Waals surface area contributed by atoms with Crippen LogP contribution >= 0.6 is 23.1 Å². The SMILES string of the molecule is Cc1ccc(N=C2S/C(=C\c3cc(-c4ccc(C)cc4)cs3)C(=O)N2C)cc1. The van der Waals surface area contributed by atoms with Crippen molar-refractivity contribution in [3.63, 3.8) is 0 Å². The fourth-order valence-electron chi connectivity index (χ4n) is 2.84. The summed E-state index contributed by atoms with van der Waals surface area (Å²) in [5, 5.41) is 2.84. The van der Waals surface area contributed by atoms with Crippen molar-refractivity contribution < 1.29 is 4.79 Å². The number of hydrogen-bond donors (Lipinski definition) is 0. The Bertz CT molecular complexity index is 1080. The molecule has 140 valence electrons. The molecule has 0 aliphatic carbocycles. The summed E-state index contributed by atoms with van der Waals surface area (Å²) in [4.78, 5) is 20.7. The fraction of sp³-hybridized carbons (Fsp3) is 0.130. The standard InChI is InChI=1S/C23H20N2OS2/c1-15-4-8-17(9-5-15)18-12-20(27-14-18)13-21-22(26)25(3)23(28-21)24-19-10-6-16(2)7-11-19/h4-14H,1-3H3/b21-13-,24-23?. The van der Waals surface area contributed by atoms with Crippen molar-refractivity contribution in [1.29, 1.82) is 0 Å². The Morgan fingerprint density at radius 1 is 0.929 bits per heavy atom. The maximum Gasteiger partial charge on any atom is 0.266 e. The first kappa shape index (κ1) is 18.7. The third-order valence-corrected chi connectivity index (χ3v) is 6.48. The minimum Gasteiger partial charge on any atom is -0.290 e. The highest BCUT2D eigenvalue weighted by Crippen LogP contribution is 2.35. The van der Waals surface area contributed by atoms with Crippen LogP contribution < -0.4 is 0 Å². The van der Waals surface area contributed by atoms with Crippen LogP contribution in [0.5, 0.6) is 0 Å². The third kappa shape index (κ3) is 3.96. The second-order valence-electron chi connectivity index (χ2n) is 6.81.